The average molecular weight is 213 g/mol. The van der Waals surface area contributed by atoms with Crippen LogP contribution in [-0.4, -0.2) is 22.9 Å². The molecule has 2 unspecified atom stereocenters. The fourth-order valence-corrected chi connectivity index (χ4v) is 2.23. The van der Waals surface area contributed by atoms with E-state index in [-0.39, 0.29) is 18.1 Å². The second-order valence-electron chi connectivity index (χ2n) is 2.61. The van der Waals surface area contributed by atoms with Gasteiger partial charge >= 0.3 is 5.97 Å². The van der Waals surface area contributed by atoms with Gasteiger partial charge in [0, 0.05) is 0 Å². The Balaban J connectivity index is 0. The molecule has 0 radical (unpaired) electrons. The molecule has 0 aliphatic carbocycles. The van der Waals surface area contributed by atoms with Gasteiger partial charge in [0.2, 0.25) is 0 Å². The van der Waals surface area contributed by atoms with Crippen LogP contribution in [0, 0.1) is 0 Å². The van der Waals surface area contributed by atoms with Crippen LogP contribution in [0.1, 0.15) is 33.1 Å². The lowest BCUT2D eigenvalue weighted by Crippen LogP contribution is -2.13. The Bertz CT molecular complexity index is 120. The molecule has 0 bridgehead atoms. The minimum absolute atomic E-state index is 0. The summed E-state index contributed by atoms with van der Waals surface area (Å²) in [7, 11) is 0.611. The van der Waals surface area contributed by atoms with Gasteiger partial charge in [0.15, 0.2) is 0 Å². The Kier molecular flexibility index (Phi) is 11.4. The van der Waals surface area contributed by atoms with Crippen molar-refractivity contribution in [2.45, 2.75) is 38.8 Å². The zero-order valence-corrected chi connectivity index (χ0v) is 9.49. The van der Waals surface area contributed by atoms with Crippen molar-refractivity contribution >= 4 is 27.0 Å². The fraction of sp³-hybridized carbons (Fsp3) is 0.875. The molecule has 0 aromatic carbocycles. The van der Waals surface area contributed by atoms with E-state index in [2.05, 4.69) is 6.92 Å². The lowest BCUT2D eigenvalue weighted by atomic mass is 10.3. The van der Waals surface area contributed by atoms with Gasteiger partial charge in [-0.15, -0.1) is 21.0 Å². The normalized spacial score (nSPS) is 12.8. The highest BCUT2D eigenvalue weighted by molar-refractivity contribution is 7.40. The molecule has 0 aliphatic heterocycles. The Morgan fingerprint density at radius 3 is 2.42 bits per heavy atom. The van der Waals surface area contributed by atoms with Crippen molar-refractivity contribution in [2.24, 2.45) is 0 Å². The second-order valence-corrected chi connectivity index (χ2v) is 4.21. The zero-order chi connectivity index (χ0) is 8.69. The van der Waals surface area contributed by atoms with Gasteiger partial charge in [0.25, 0.3) is 0 Å². The molecule has 0 spiro atoms. The maximum absolute atomic E-state index is 10.5. The molecule has 2 atom stereocenters. The summed E-state index contributed by atoms with van der Waals surface area (Å²) in [5.41, 5.74) is -0.0819. The lowest BCUT2D eigenvalue weighted by molar-refractivity contribution is -0.136. The summed E-state index contributed by atoms with van der Waals surface area (Å²) in [5, 5.41) is 8.68. The van der Waals surface area contributed by atoms with E-state index in [1.165, 1.54) is 12.8 Å². The Labute approximate surface area is 82.3 Å². The van der Waals surface area contributed by atoms with Gasteiger partial charge in [0.05, 0.1) is 5.66 Å². The SMILES string of the molecule is CCCCPC(CC)C(=O)O.Cl. The minimum atomic E-state index is -0.623. The fourth-order valence-electron chi connectivity index (χ4n) is 0.859. The molecule has 0 amide bonds. The molecule has 1 N–H and O–H groups in total. The lowest BCUT2D eigenvalue weighted by Gasteiger charge is -2.08. The van der Waals surface area contributed by atoms with Gasteiger partial charge in [-0.25, -0.2) is 0 Å². The Morgan fingerprint density at radius 1 is 1.50 bits per heavy atom. The molecule has 0 saturated heterocycles. The van der Waals surface area contributed by atoms with E-state index < -0.39 is 5.97 Å². The molecular formula is C8H18ClO2P. The number of hydrogen-bond acceptors (Lipinski definition) is 1. The average Bonchev–Trinajstić information content (AvgIpc) is 1.97. The van der Waals surface area contributed by atoms with E-state index in [1.807, 2.05) is 6.92 Å². The van der Waals surface area contributed by atoms with E-state index >= 15 is 0 Å². The highest BCUT2D eigenvalue weighted by atomic mass is 35.5. The van der Waals surface area contributed by atoms with E-state index in [9.17, 15) is 4.79 Å². The predicted molar refractivity (Wildman–Crippen MR) is 57.1 cm³/mol. The van der Waals surface area contributed by atoms with Gasteiger partial charge in [-0.05, 0) is 19.0 Å². The first-order chi connectivity index (χ1) is 5.22. The molecule has 4 heteroatoms. The van der Waals surface area contributed by atoms with E-state index in [0.29, 0.717) is 8.58 Å². The van der Waals surface area contributed by atoms with Gasteiger partial charge in [-0.3, -0.25) is 4.79 Å². The second kappa shape index (κ2) is 9.28. The zero-order valence-electron chi connectivity index (χ0n) is 7.67. The van der Waals surface area contributed by atoms with Gasteiger partial charge in [0.1, 0.15) is 0 Å². The third kappa shape index (κ3) is 6.87. The summed E-state index contributed by atoms with van der Waals surface area (Å²) in [5.74, 6) is -0.623. The van der Waals surface area contributed by atoms with Crippen molar-refractivity contribution in [1.82, 2.24) is 0 Å². The van der Waals surface area contributed by atoms with Crippen molar-refractivity contribution in [3.05, 3.63) is 0 Å². The molecule has 0 heterocycles. The summed E-state index contributed by atoms with van der Waals surface area (Å²) in [6, 6.07) is 0. The molecule has 2 nitrogen and oxygen atoms in total. The topological polar surface area (TPSA) is 37.3 Å². The van der Waals surface area contributed by atoms with Gasteiger partial charge in [-0.1, -0.05) is 20.3 Å². The first-order valence-corrected chi connectivity index (χ1v) is 5.47. The van der Waals surface area contributed by atoms with Crippen molar-refractivity contribution in [3.63, 3.8) is 0 Å². The van der Waals surface area contributed by atoms with E-state index in [4.69, 9.17) is 5.11 Å². The number of unbranched alkanes of at least 4 members (excludes halogenated alkanes) is 1. The molecule has 74 valence electrons. The first kappa shape index (κ1) is 14.7. The molecule has 0 aromatic heterocycles. The molecule has 12 heavy (non-hydrogen) atoms. The largest absolute Gasteiger partial charge is 0.481 e. The monoisotopic (exact) mass is 212 g/mol. The Morgan fingerprint density at radius 2 is 2.08 bits per heavy atom. The van der Waals surface area contributed by atoms with Crippen molar-refractivity contribution in [2.75, 3.05) is 6.16 Å². The van der Waals surface area contributed by atoms with Crippen molar-refractivity contribution in [3.8, 4) is 0 Å². The minimum Gasteiger partial charge on any atom is -0.481 e. The van der Waals surface area contributed by atoms with Crippen LogP contribution >= 0.6 is 21.0 Å². The van der Waals surface area contributed by atoms with Gasteiger partial charge in [-0.2, -0.15) is 0 Å². The van der Waals surface area contributed by atoms with Crippen LogP contribution in [0.2, 0.25) is 0 Å². The number of aliphatic carboxylic acids is 1. The van der Waals surface area contributed by atoms with Crippen LogP contribution in [0.25, 0.3) is 0 Å². The highest BCUT2D eigenvalue weighted by Gasteiger charge is 2.13. The summed E-state index contributed by atoms with van der Waals surface area (Å²) in [6.07, 6.45) is 4.20. The molecule has 0 aromatic rings. The first-order valence-electron chi connectivity index (χ1n) is 4.18. The quantitative estimate of drug-likeness (QED) is 0.543. The molecule has 0 saturated carbocycles. The summed E-state index contributed by atoms with van der Waals surface area (Å²) < 4.78 is 0. The smallest absolute Gasteiger partial charge is 0.310 e. The maximum Gasteiger partial charge on any atom is 0.310 e. The third-order valence-electron chi connectivity index (χ3n) is 1.63. The molecule has 0 rings (SSSR count). The van der Waals surface area contributed by atoms with Crippen LogP contribution in [-0.2, 0) is 4.79 Å². The summed E-state index contributed by atoms with van der Waals surface area (Å²) >= 11 is 0. The van der Waals surface area contributed by atoms with Crippen LogP contribution in [0.3, 0.4) is 0 Å². The maximum atomic E-state index is 10.5. The standard InChI is InChI=1S/C8H17O2P.ClH/c1-3-5-6-11-7(4-2)8(9)10;/h7,11H,3-6H2,1-2H3,(H,9,10);1H. The summed E-state index contributed by atoms with van der Waals surface area (Å²) in [6.45, 7) is 4.07. The summed E-state index contributed by atoms with van der Waals surface area (Å²) in [4.78, 5) is 10.5. The number of carboxylic acids is 1. The van der Waals surface area contributed by atoms with Crippen LogP contribution in [0.15, 0.2) is 0 Å². The Hall–Kier alpha value is 0.190. The van der Waals surface area contributed by atoms with E-state index in [1.54, 1.807) is 0 Å². The molecule has 0 fully saturated rings. The number of carboxylic acid groups (broad SMARTS) is 1. The van der Waals surface area contributed by atoms with Gasteiger partial charge < -0.3 is 5.11 Å². The van der Waals surface area contributed by atoms with E-state index in [0.717, 1.165) is 12.6 Å². The molecule has 0 aliphatic rings. The van der Waals surface area contributed by atoms with Crippen molar-refractivity contribution in [1.29, 1.82) is 0 Å². The molecular weight excluding hydrogens is 195 g/mol. The number of carbonyl (C=O) groups is 1. The number of rotatable bonds is 6. The van der Waals surface area contributed by atoms with Crippen LogP contribution in [0.4, 0.5) is 0 Å². The van der Waals surface area contributed by atoms with Crippen molar-refractivity contribution < 1.29 is 9.90 Å². The highest BCUT2D eigenvalue weighted by Crippen LogP contribution is 2.23. The van der Waals surface area contributed by atoms with Crippen LogP contribution in [0.5, 0.6) is 0 Å². The van der Waals surface area contributed by atoms with Crippen LogP contribution < -0.4 is 0 Å². The predicted octanol–water partition coefficient (Wildman–Crippen LogP) is 2.75. The number of halogens is 1. The third-order valence-corrected chi connectivity index (χ3v) is 3.42. The number of hydrogen-bond donors (Lipinski definition) is 1.